The lowest BCUT2D eigenvalue weighted by molar-refractivity contribution is 0.298. The summed E-state index contributed by atoms with van der Waals surface area (Å²) >= 11 is 0. The highest BCUT2D eigenvalue weighted by molar-refractivity contribution is 5.22. The molecule has 2 nitrogen and oxygen atoms in total. The second kappa shape index (κ2) is 5.42. The van der Waals surface area contributed by atoms with E-state index in [0.717, 1.165) is 17.8 Å². The summed E-state index contributed by atoms with van der Waals surface area (Å²) < 4.78 is 0. The molecule has 0 amide bonds. The molecule has 0 aliphatic carbocycles. The normalized spacial score (nSPS) is 10.3. The highest BCUT2D eigenvalue weighted by Gasteiger charge is 1.99. The molecule has 0 spiro atoms. The van der Waals surface area contributed by atoms with Crippen molar-refractivity contribution in [3.8, 4) is 0 Å². The van der Waals surface area contributed by atoms with E-state index in [4.69, 9.17) is 5.11 Å². The second-order valence-electron chi connectivity index (χ2n) is 3.76. The van der Waals surface area contributed by atoms with Crippen molar-refractivity contribution in [3.63, 3.8) is 0 Å². The number of rotatable bonds is 4. The molecule has 2 heteroatoms. The van der Waals surface area contributed by atoms with Crippen LogP contribution in [0.5, 0.6) is 0 Å². The zero-order chi connectivity index (χ0) is 11.2. The van der Waals surface area contributed by atoms with Crippen LogP contribution < -0.4 is 0 Å². The third-order valence-electron chi connectivity index (χ3n) is 2.46. The maximum absolute atomic E-state index is 8.86. The van der Waals surface area contributed by atoms with Gasteiger partial charge in [0.05, 0.1) is 0 Å². The van der Waals surface area contributed by atoms with E-state index in [1.807, 2.05) is 36.4 Å². The molecule has 1 N–H and O–H groups in total. The first-order chi connectivity index (χ1) is 7.88. The Balaban J connectivity index is 2.12. The third-order valence-corrected chi connectivity index (χ3v) is 2.46. The monoisotopic (exact) mass is 213 g/mol. The van der Waals surface area contributed by atoms with E-state index in [1.54, 1.807) is 0 Å². The van der Waals surface area contributed by atoms with Crippen molar-refractivity contribution in [2.24, 2.45) is 0 Å². The van der Waals surface area contributed by atoms with Crippen LogP contribution in [-0.2, 0) is 12.8 Å². The highest BCUT2D eigenvalue weighted by atomic mass is 16.3. The minimum Gasteiger partial charge on any atom is -0.396 e. The Morgan fingerprint density at radius 1 is 0.875 bits per heavy atom. The van der Waals surface area contributed by atoms with E-state index in [1.165, 1.54) is 5.56 Å². The molecule has 0 atom stereocenters. The number of hydrogen-bond donors (Lipinski definition) is 1. The summed E-state index contributed by atoms with van der Waals surface area (Å²) in [6.07, 6.45) is 1.47. The summed E-state index contributed by atoms with van der Waals surface area (Å²) in [6, 6.07) is 16.2. The van der Waals surface area contributed by atoms with Gasteiger partial charge in [0.2, 0.25) is 0 Å². The van der Waals surface area contributed by atoms with Gasteiger partial charge in [0.1, 0.15) is 0 Å². The summed E-state index contributed by atoms with van der Waals surface area (Å²) in [7, 11) is 0. The fourth-order valence-corrected chi connectivity index (χ4v) is 1.69. The van der Waals surface area contributed by atoms with Gasteiger partial charge in [-0.15, -0.1) is 0 Å². The molecule has 0 bridgehead atoms. The number of nitrogens with zero attached hydrogens (tertiary/aromatic N) is 1. The van der Waals surface area contributed by atoms with Crippen LogP contribution in [0.15, 0.2) is 48.5 Å². The fourth-order valence-electron chi connectivity index (χ4n) is 1.69. The van der Waals surface area contributed by atoms with Crippen LogP contribution in [-0.4, -0.2) is 16.7 Å². The van der Waals surface area contributed by atoms with Crippen molar-refractivity contribution in [2.45, 2.75) is 12.8 Å². The number of aliphatic hydroxyl groups is 1. The van der Waals surface area contributed by atoms with Gasteiger partial charge in [-0.3, -0.25) is 4.98 Å². The lowest BCUT2D eigenvalue weighted by Gasteiger charge is -2.03. The van der Waals surface area contributed by atoms with Crippen LogP contribution in [0.2, 0.25) is 0 Å². The van der Waals surface area contributed by atoms with E-state index in [2.05, 4.69) is 17.1 Å². The smallest absolute Gasteiger partial charge is 0.0486 e. The highest BCUT2D eigenvalue weighted by Crippen LogP contribution is 2.08. The lowest BCUT2D eigenvalue weighted by Crippen LogP contribution is -1.98. The maximum Gasteiger partial charge on any atom is 0.0486 e. The number of aromatic nitrogens is 1. The van der Waals surface area contributed by atoms with E-state index in [-0.39, 0.29) is 6.61 Å². The van der Waals surface area contributed by atoms with Gasteiger partial charge in [-0.25, -0.2) is 0 Å². The van der Waals surface area contributed by atoms with Gasteiger partial charge >= 0.3 is 0 Å². The van der Waals surface area contributed by atoms with Crippen molar-refractivity contribution in [1.82, 2.24) is 4.98 Å². The van der Waals surface area contributed by atoms with Gasteiger partial charge in [-0.1, -0.05) is 36.4 Å². The molecule has 1 aromatic carbocycles. The van der Waals surface area contributed by atoms with Crippen molar-refractivity contribution < 1.29 is 5.11 Å². The predicted molar refractivity (Wildman–Crippen MR) is 64.3 cm³/mol. The van der Waals surface area contributed by atoms with E-state index < -0.39 is 0 Å². The second-order valence-corrected chi connectivity index (χ2v) is 3.76. The minimum atomic E-state index is 0.155. The number of benzene rings is 1. The summed E-state index contributed by atoms with van der Waals surface area (Å²) in [6.45, 7) is 0.155. The summed E-state index contributed by atoms with van der Waals surface area (Å²) in [4.78, 5) is 4.50. The molecule has 0 saturated carbocycles. The third kappa shape index (κ3) is 2.91. The molecule has 0 unspecified atom stereocenters. The zero-order valence-corrected chi connectivity index (χ0v) is 9.13. The Morgan fingerprint density at radius 3 is 2.38 bits per heavy atom. The first-order valence-corrected chi connectivity index (χ1v) is 5.48. The number of aliphatic hydroxyl groups excluding tert-OH is 1. The van der Waals surface area contributed by atoms with E-state index >= 15 is 0 Å². The Kier molecular flexibility index (Phi) is 3.67. The zero-order valence-electron chi connectivity index (χ0n) is 9.13. The van der Waals surface area contributed by atoms with Crippen molar-refractivity contribution >= 4 is 0 Å². The molecule has 0 radical (unpaired) electrons. The van der Waals surface area contributed by atoms with Crippen molar-refractivity contribution in [1.29, 1.82) is 0 Å². The number of pyridine rings is 1. The molecule has 82 valence electrons. The summed E-state index contributed by atoms with van der Waals surface area (Å²) in [5.74, 6) is 0. The Bertz CT molecular complexity index is 439. The van der Waals surface area contributed by atoms with Gasteiger partial charge in [0, 0.05) is 30.8 Å². The van der Waals surface area contributed by atoms with Gasteiger partial charge < -0.3 is 5.11 Å². The molecule has 2 aromatic rings. The van der Waals surface area contributed by atoms with Crippen molar-refractivity contribution in [2.75, 3.05) is 6.61 Å². The predicted octanol–water partition coefficient (Wildman–Crippen LogP) is 2.21. The van der Waals surface area contributed by atoms with Gasteiger partial charge in [0.15, 0.2) is 0 Å². The molecule has 0 aliphatic rings. The molecule has 1 aromatic heterocycles. The molecule has 16 heavy (non-hydrogen) atoms. The topological polar surface area (TPSA) is 33.1 Å². The Labute approximate surface area is 95.6 Å². The van der Waals surface area contributed by atoms with Crippen molar-refractivity contribution in [3.05, 3.63) is 65.5 Å². The minimum absolute atomic E-state index is 0.155. The standard InChI is InChI=1S/C14H15NO/c16-10-9-13-7-4-8-14(15-13)11-12-5-2-1-3-6-12/h1-8,16H,9-11H2. The van der Waals surface area contributed by atoms with Gasteiger partial charge in [0.25, 0.3) is 0 Å². The lowest BCUT2D eigenvalue weighted by atomic mass is 10.1. The number of hydrogen-bond acceptors (Lipinski definition) is 2. The summed E-state index contributed by atoms with van der Waals surface area (Å²) in [5.41, 5.74) is 3.27. The molecular formula is C14H15NO. The first kappa shape index (κ1) is 10.8. The van der Waals surface area contributed by atoms with Gasteiger partial charge in [-0.05, 0) is 17.7 Å². The average molecular weight is 213 g/mol. The van der Waals surface area contributed by atoms with Crippen LogP contribution in [0.25, 0.3) is 0 Å². The van der Waals surface area contributed by atoms with Gasteiger partial charge in [-0.2, -0.15) is 0 Å². The summed E-state index contributed by atoms with van der Waals surface area (Å²) in [5, 5.41) is 8.86. The fraction of sp³-hybridized carbons (Fsp3) is 0.214. The van der Waals surface area contributed by atoms with E-state index in [9.17, 15) is 0 Å². The Morgan fingerprint density at radius 2 is 1.62 bits per heavy atom. The molecule has 0 saturated heterocycles. The molecule has 2 rings (SSSR count). The van der Waals surface area contributed by atoms with E-state index in [0.29, 0.717) is 6.42 Å². The SMILES string of the molecule is OCCc1cccc(Cc2ccccc2)n1. The first-order valence-electron chi connectivity index (χ1n) is 5.48. The maximum atomic E-state index is 8.86. The quantitative estimate of drug-likeness (QED) is 0.844. The molecule has 1 heterocycles. The molecule has 0 fully saturated rings. The van der Waals surface area contributed by atoms with Crippen LogP contribution >= 0.6 is 0 Å². The Hall–Kier alpha value is -1.67. The average Bonchev–Trinajstić information content (AvgIpc) is 2.31. The molecular weight excluding hydrogens is 198 g/mol. The van der Waals surface area contributed by atoms with Crippen LogP contribution in [0.3, 0.4) is 0 Å². The van der Waals surface area contributed by atoms with Crippen LogP contribution in [0, 0.1) is 0 Å². The largest absolute Gasteiger partial charge is 0.396 e. The van der Waals surface area contributed by atoms with Crippen LogP contribution in [0.1, 0.15) is 17.0 Å². The van der Waals surface area contributed by atoms with Crippen LogP contribution in [0.4, 0.5) is 0 Å². The molecule has 0 aliphatic heterocycles.